The van der Waals surface area contributed by atoms with Crippen LogP contribution in [0.2, 0.25) is 0 Å². The summed E-state index contributed by atoms with van der Waals surface area (Å²) in [6.07, 6.45) is 4.76. The molecule has 0 aliphatic rings. The van der Waals surface area contributed by atoms with Gasteiger partial charge < -0.3 is 4.74 Å². The van der Waals surface area contributed by atoms with Crippen molar-refractivity contribution < 1.29 is 4.74 Å². The molecule has 1 nitrogen and oxygen atoms in total. The van der Waals surface area contributed by atoms with Gasteiger partial charge in [-0.1, -0.05) is 32.8 Å². The molecule has 0 saturated heterocycles. The molecule has 0 unspecified atom stereocenters. The third-order valence-electron chi connectivity index (χ3n) is 3.92. The van der Waals surface area contributed by atoms with Gasteiger partial charge in [0.2, 0.25) is 0 Å². The molecule has 2 heteroatoms. The summed E-state index contributed by atoms with van der Waals surface area (Å²) in [5.74, 6) is 1.89. The maximum atomic E-state index is 6.05. The first-order valence-electron chi connectivity index (χ1n) is 7.38. The van der Waals surface area contributed by atoms with Crippen LogP contribution in [0.25, 0.3) is 0 Å². The van der Waals surface area contributed by atoms with Gasteiger partial charge in [-0.15, -0.1) is 0 Å². The minimum atomic E-state index is 0.228. The first kappa shape index (κ1) is 16.4. The molecular formula is C17H28OS. The van der Waals surface area contributed by atoms with Crippen molar-refractivity contribution in [3.05, 3.63) is 29.3 Å². The molecule has 1 aromatic carbocycles. The quantitative estimate of drug-likeness (QED) is 0.644. The lowest BCUT2D eigenvalue weighted by Gasteiger charge is -2.31. The fraction of sp³-hybridized carbons (Fsp3) is 0.647. The van der Waals surface area contributed by atoms with Gasteiger partial charge >= 0.3 is 0 Å². The number of hydrogen-bond donors (Lipinski definition) is 1. The minimum absolute atomic E-state index is 0.228. The Hall–Kier alpha value is -0.630. The zero-order chi connectivity index (χ0) is 14.3. The molecule has 0 bridgehead atoms. The van der Waals surface area contributed by atoms with Gasteiger partial charge in [0, 0.05) is 5.41 Å². The number of aryl methyl sites for hydroxylation is 2. The summed E-state index contributed by atoms with van der Waals surface area (Å²) >= 11 is 4.57. The number of ether oxygens (including phenoxy) is 1. The Morgan fingerprint density at radius 3 is 2.16 bits per heavy atom. The first-order chi connectivity index (χ1) is 9.06. The second kappa shape index (κ2) is 7.84. The van der Waals surface area contributed by atoms with E-state index in [1.807, 2.05) is 0 Å². The Labute approximate surface area is 124 Å². The molecule has 0 amide bonds. The highest BCUT2D eigenvalue weighted by Crippen LogP contribution is 2.32. The number of rotatable bonds is 8. The van der Waals surface area contributed by atoms with Crippen LogP contribution in [0.3, 0.4) is 0 Å². The minimum Gasteiger partial charge on any atom is -0.493 e. The van der Waals surface area contributed by atoms with Crippen molar-refractivity contribution >= 4 is 12.6 Å². The monoisotopic (exact) mass is 280 g/mol. The van der Waals surface area contributed by atoms with Gasteiger partial charge in [-0.2, -0.15) is 12.6 Å². The molecule has 0 heterocycles. The summed E-state index contributed by atoms with van der Waals surface area (Å²) in [5.41, 5.74) is 2.83. The van der Waals surface area contributed by atoms with E-state index in [9.17, 15) is 0 Å². The largest absolute Gasteiger partial charge is 0.493 e. The van der Waals surface area contributed by atoms with Gasteiger partial charge in [-0.3, -0.25) is 0 Å². The summed E-state index contributed by atoms with van der Waals surface area (Å²) in [4.78, 5) is 0. The topological polar surface area (TPSA) is 9.23 Å². The van der Waals surface area contributed by atoms with Crippen molar-refractivity contribution in [3.8, 4) is 5.75 Å². The molecule has 0 atom stereocenters. The third-order valence-corrected chi connectivity index (χ3v) is 4.59. The molecule has 0 aliphatic carbocycles. The Balaban J connectivity index is 2.71. The molecule has 0 aromatic heterocycles. The van der Waals surface area contributed by atoms with Crippen LogP contribution in [-0.2, 0) is 0 Å². The van der Waals surface area contributed by atoms with Crippen molar-refractivity contribution in [3.63, 3.8) is 0 Å². The SMILES string of the molecule is CCCC(CS)(CCC)COc1ccc(C)c(C)c1. The lowest BCUT2D eigenvalue weighted by molar-refractivity contribution is 0.143. The van der Waals surface area contributed by atoms with E-state index in [2.05, 4.69) is 58.5 Å². The third kappa shape index (κ3) is 4.76. The molecule has 19 heavy (non-hydrogen) atoms. The van der Waals surface area contributed by atoms with E-state index in [0.717, 1.165) is 18.1 Å². The van der Waals surface area contributed by atoms with Crippen molar-refractivity contribution in [1.82, 2.24) is 0 Å². The Morgan fingerprint density at radius 2 is 1.68 bits per heavy atom. The van der Waals surface area contributed by atoms with Gasteiger partial charge in [0.25, 0.3) is 0 Å². The highest BCUT2D eigenvalue weighted by Gasteiger charge is 2.27. The number of hydrogen-bond acceptors (Lipinski definition) is 2. The Bertz CT molecular complexity index is 381. The fourth-order valence-electron chi connectivity index (χ4n) is 2.57. The summed E-state index contributed by atoms with van der Waals surface area (Å²) in [6.45, 7) is 9.52. The maximum absolute atomic E-state index is 6.05. The zero-order valence-electron chi connectivity index (χ0n) is 12.8. The van der Waals surface area contributed by atoms with Crippen molar-refractivity contribution in [2.45, 2.75) is 53.4 Å². The summed E-state index contributed by atoms with van der Waals surface area (Å²) in [7, 11) is 0. The van der Waals surface area contributed by atoms with Crippen LogP contribution < -0.4 is 4.74 Å². The van der Waals surface area contributed by atoms with Gasteiger partial charge in [0.15, 0.2) is 0 Å². The van der Waals surface area contributed by atoms with Crippen LogP contribution in [0.15, 0.2) is 18.2 Å². The zero-order valence-corrected chi connectivity index (χ0v) is 13.7. The van der Waals surface area contributed by atoms with Crippen LogP contribution >= 0.6 is 12.6 Å². The van der Waals surface area contributed by atoms with E-state index < -0.39 is 0 Å². The lowest BCUT2D eigenvalue weighted by Crippen LogP contribution is -2.30. The molecule has 0 aliphatic heterocycles. The van der Waals surface area contributed by atoms with Crippen LogP contribution in [0.5, 0.6) is 5.75 Å². The molecule has 0 saturated carbocycles. The molecular weight excluding hydrogens is 252 g/mol. The van der Waals surface area contributed by atoms with E-state index in [1.54, 1.807) is 0 Å². The van der Waals surface area contributed by atoms with Gasteiger partial charge in [0.05, 0.1) is 6.61 Å². The van der Waals surface area contributed by atoms with Crippen molar-refractivity contribution in [2.24, 2.45) is 5.41 Å². The molecule has 0 N–H and O–H groups in total. The molecule has 0 spiro atoms. The average Bonchev–Trinajstić information content (AvgIpc) is 2.40. The van der Waals surface area contributed by atoms with Crippen molar-refractivity contribution in [2.75, 3.05) is 12.4 Å². The average molecular weight is 280 g/mol. The fourth-order valence-corrected chi connectivity index (χ4v) is 2.98. The predicted octanol–water partition coefficient (Wildman–Crippen LogP) is 5.20. The van der Waals surface area contributed by atoms with E-state index in [1.165, 1.54) is 36.8 Å². The lowest BCUT2D eigenvalue weighted by atomic mass is 9.82. The van der Waals surface area contributed by atoms with Crippen LogP contribution in [-0.4, -0.2) is 12.4 Å². The second-order valence-electron chi connectivity index (χ2n) is 5.69. The summed E-state index contributed by atoms with van der Waals surface area (Å²) in [5, 5.41) is 0. The number of benzene rings is 1. The van der Waals surface area contributed by atoms with Crippen LogP contribution in [0.4, 0.5) is 0 Å². The Kier molecular flexibility index (Phi) is 6.78. The molecule has 0 fully saturated rings. The van der Waals surface area contributed by atoms with E-state index in [0.29, 0.717) is 0 Å². The van der Waals surface area contributed by atoms with Gasteiger partial charge in [0.1, 0.15) is 5.75 Å². The summed E-state index contributed by atoms with van der Waals surface area (Å²) < 4.78 is 6.05. The van der Waals surface area contributed by atoms with Crippen LogP contribution in [0, 0.1) is 19.3 Å². The smallest absolute Gasteiger partial charge is 0.119 e. The predicted molar refractivity (Wildman–Crippen MR) is 87.5 cm³/mol. The standard InChI is InChI=1S/C17H28OS/c1-5-9-17(13-19,10-6-2)12-18-16-8-7-14(3)15(4)11-16/h7-8,11,19H,5-6,9-10,12-13H2,1-4H3. The second-order valence-corrected chi connectivity index (χ2v) is 6.01. The molecule has 1 aromatic rings. The van der Waals surface area contributed by atoms with Gasteiger partial charge in [-0.25, -0.2) is 0 Å². The van der Waals surface area contributed by atoms with Gasteiger partial charge in [-0.05, 0) is 55.7 Å². The number of thiol groups is 1. The molecule has 1 rings (SSSR count). The normalized spacial score (nSPS) is 11.6. The van der Waals surface area contributed by atoms with Crippen LogP contribution in [0.1, 0.15) is 50.7 Å². The van der Waals surface area contributed by atoms with E-state index in [4.69, 9.17) is 4.74 Å². The summed E-state index contributed by atoms with van der Waals surface area (Å²) in [6, 6.07) is 6.34. The first-order valence-corrected chi connectivity index (χ1v) is 8.01. The highest BCUT2D eigenvalue weighted by molar-refractivity contribution is 7.80. The van der Waals surface area contributed by atoms with Crippen molar-refractivity contribution in [1.29, 1.82) is 0 Å². The maximum Gasteiger partial charge on any atom is 0.119 e. The molecule has 0 radical (unpaired) electrons. The van der Waals surface area contributed by atoms with E-state index in [-0.39, 0.29) is 5.41 Å². The Morgan fingerprint density at radius 1 is 1.05 bits per heavy atom. The molecule has 108 valence electrons. The highest BCUT2D eigenvalue weighted by atomic mass is 32.1. The van der Waals surface area contributed by atoms with E-state index >= 15 is 0 Å².